The Labute approximate surface area is 252 Å². The lowest BCUT2D eigenvalue weighted by atomic mass is 10.1. The number of aliphatic hydroxyl groups excluding tert-OH is 4. The Morgan fingerprint density at radius 3 is 1.76 bits per heavy atom. The fourth-order valence-corrected chi connectivity index (χ4v) is 8.47. The molecule has 28 heteroatoms. The maximum Gasteiger partial charge on any atom is 0.511 e. The lowest BCUT2D eigenvalue weighted by Crippen LogP contribution is -2.37. The van der Waals surface area contributed by atoms with Crippen LogP contribution in [-0.2, 0) is 50.1 Å². The highest BCUT2D eigenvalue weighted by atomic mass is 31.3. The van der Waals surface area contributed by atoms with Gasteiger partial charge in [-0.1, -0.05) is 5.64 Å². The second-order valence-corrected chi connectivity index (χ2v) is 14.4. The van der Waals surface area contributed by atoms with E-state index in [2.05, 4.69) is 22.4 Å². The number of hydrogen-bond acceptors (Lipinski definition) is 20. The number of aromatic amines is 2. The number of aromatic nitrogens is 4. The maximum absolute atomic E-state index is 12.9. The van der Waals surface area contributed by atoms with Crippen molar-refractivity contribution in [3.8, 4) is 0 Å². The van der Waals surface area contributed by atoms with Crippen molar-refractivity contribution in [3.05, 3.63) is 66.2 Å². The van der Waals surface area contributed by atoms with E-state index in [0.717, 1.165) is 33.7 Å². The predicted molar refractivity (Wildman–Crippen MR) is 139 cm³/mol. The minimum Gasteiger partial charge on any atom is -0.387 e. The highest BCUT2D eigenvalue weighted by Crippen LogP contribution is 2.73. The highest BCUT2D eigenvalue weighted by molar-refractivity contribution is 7.67. The van der Waals surface area contributed by atoms with Crippen LogP contribution in [-0.4, -0.2) is 94.3 Å². The van der Waals surface area contributed by atoms with E-state index in [-0.39, 0.29) is 0 Å². The molecule has 5 heterocycles. The van der Waals surface area contributed by atoms with Crippen molar-refractivity contribution in [1.82, 2.24) is 24.7 Å². The van der Waals surface area contributed by atoms with Gasteiger partial charge in [-0.25, -0.2) is 23.3 Å². The molecule has 3 unspecified atom stereocenters. The van der Waals surface area contributed by atoms with Crippen LogP contribution in [0, 0.1) is 0 Å². The number of rotatable bonds is 10. The summed E-state index contributed by atoms with van der Waals surface area (Å²) < 4.78 is 77.5. The Morgan fingerprint density at radius 2 is 1.26 bits per heavy atom. The van der Waals surface area contributed by atoms with E-state index in [4.69, 9.17) is 14.0 Å². The van der Waals surface area contributed by atoms with Crippen LogP contribution in [0.1, 0.15) is 12.5 Å². The normalized spacial score (nSPS) is 37.7. The summed E-state index contributed by atoms with van der Waals surface area (Å²) in [5.74, 6) is 0. The van der Waals surface area contributed by atoms with Gasteiger partial charge in [0, 0.05) is 24.5 Å². The van der Waals surface area contributed by atoms with Gasteiger partial charge >= 0.3 is 34.8 Å². The third kappa shape index (κ3) is 7.46. The van der Waals surface area contributed by atoms with E-state index in [1.54, 1.807) is 0 Å². The lowest BCUT2D eigenvalue weighted by Gasteiger charge is -2.28. The molecule has 5 rings (SSSR count). The summed E-state index contributed by atoms with van der Waals surface area (Å²) in [4.78, 5) is 60.5. The van der Waals surface area contributed by atoms with Crippen LogP contribution >= 0.6 is 23.5 Å². The third-order valence-corrected chi connectivity index (χ3v) is 11.2. The molecule has 3 saturated heterocycles. The van der Waals surface area contributed by atoms with Crippen LogP contribution in [0.5, 0.6) is 0 Å². The zero-order chi connectivity index (χ0) is 33.6. The first-order chi connectivity index (χ1) is 21.5. The number of phosphoric ester groups is 1. The van der Waals surface area contributed by atoms with Gasteiger partial charge in [0.1, 0.15) is 36.6 Å². The molecule has 11 atom stereocenters. The molecule has 0 spiro atoms. The van der Waals surface area contributed by atoms with Crippen molar-refractivity contribution in [2.75, 3.05) is 13.2 Å². The molecule has 2 aromatic rings. The molecule has 46 heavy (non-hydrogen) atoms. The fourth-order valence-electron chi connectivity index (χ4n) is 4.28. The SMILES string of the molecule is O=c1ccn([C@@H]2O[C@H](COP(=O)(O)OP3(=O)ONOP(=O)(OC[C@H]4O[C@@H](n5ccc(=O)[nH]c5=O)[C@H](O)[C@@H]4O)O3)[C@@H](O)[C@H]2O)c(=O)[nH]1. The van der Waals surface area contributed by atoms with Crippen LogP contribution in [0.25, 0.3) is 0 Å². The molecule has 0 radical (unpaired) electrons. The number of nitrogens with one attached hydrogen (secondary N) is 3. The van der Waals surface area contributed by atoms with Crippen molar-refractivity contribution < 1.29 is 75.4 Å². The average molecular weight is 723 g/mol. The summed E-state index contributed by atoms with van der Waals surface area (Å²) in [5, 5.41) is 41.1. The zero-order valence-electron chi connectivity index (χ0n) is 22.4. The Bertz CT molecular complexity index is 1820. The molecule has 8 N–H and O–H groups in total. The maximum atomic E-state index is 12.9. The molecule has 3 fully saturated rings. The monoisotopic (exact) mass is 723 g/mol. The number of H-pyrrole nitrogens is 2. The molecule has 25 nitrogen and oxygen atoms in total. The van der Waals surface area contributed by atoms with Gasteiger partial charge in [0.25, 0.3) is 11.1 Å². The quantitative estimate of drug-likeness (QED) is 0.109. The Hall–Kier alpha value is -2.51. The van der Waals surface area contributed by atoms with Crippen LogP contribution in [0.4, 0.5) is 0 Å². The number of ether oxygens (including phenoxy) is 2. The minimum atomic E-state index is -5.53. The molecule has 2 aromatic heterocycles. The standard InChI is InChI=1S/C18H24N5O20P3/c24-9-1-3-22(17(30)19-9)15-13(28)11(26)7(38-15)5-36-44(32,33)42-46(35)41-21-40-45(34,43-46)37-6-8-12(27)14(29)16(39-8)23-4-2-10(25)20-18(23)31/h1-4,7-8,11-16,21,26-29H,5-6H2,(H,32,33)(H,19,24,30)(H,20,25,31)/t7-,8-,11-,12-,13-,14-,15-,16-,45?,46?/m1/s1. The van der Waals surface area contributed by atoms with E-state index in [1.165, 1.54) is 5.64 Å². The van der Waals surface area contributed by atoms with Crippen LogP contribution in [0.2, 0.25) is 0 Å². The molecule has 0 amide bonds. The summed E-state index contributed by atoms with van der Waals surface area (Å²) in [6.45, 7) is -1.99. The van der Waals surface area contributed by atoms with E-state index >= 15 is 0 Å². The summed E-state index contributed by atoms with van der Waals surface area (Å²) in [6.07, 6.45) is -11.5. The first-order valence-electron chi connectivity index (χ1n) is 12.5. The van der Waals surface area contributed by atoms with Crippen molar-refractivity contribution >= 4 is 23.5 Å². The zero-order valence-corrected chi connectivity index (χ0v) is 25.1. The van der Waals surface area contributed by atoms with Gasteiger partial charge in [0.05, 0.1) is 13.2 Å². The second kappa shape index (κ2) is 13.2. The molecular formula is C18H24N5O20P3. The molecule has 0 saturated carbocycles. The summed E-state index contributed by atoms with van der Waals surface area (Å²) in [6, 6.07) is 1.86. The van der Waals surface area contributed by atoms with Crippen molar-refractivity contribution in [2.24, 2.45) is 0 Å². The molecule has 0 aliphatic carbocycles. The van der Waals surface area contributed by atoms with Gasteiger partial charge in [0.2, 0.25) is 0 Å². The van der Waals surface area contributed by atoms with Gasteiger partial charge in [-0.05, 0) is 0 Å². The van der Waals surface area contributed by atoms with Gasteiger partial charge in [-0.3, -0.25) is 37.7 Å². The van der Waals surface area contributed by atoms with Gasteiger partial charge < -0.3 is 34.8 Å². The second-order valence-electron chi connectivity index (χ2n) is 9.51. The first-order valence-corrected chi connectivity index (χ1v) is 16.9. The molecule has 256 valence electrons. The van der Waals surface area contributed by atoms with Crippen LogP contribution in [0.3, 0.4) is 0 Å². The molecule has 3 aliphatic rings. The van der Waals surface area contributed by atoms with Crippen LogP contribution in [0.15, 0.2) is 43.7 Å². The molecule has 3 aliphatic heterocycles. The molecular weight excluding hydrogens is 699 g/mol. The smallest absolute Gasteiger partial charge is 0.387 e. The van der Waals surface area contributed by atoms with Gasteiger partial charge in [0.15, 0.2) is 12.5 Å². The summed E-state index contributed by atoms with van der Waals surface area (Å²) in [5.41, 5.74) is -2.13. The number of nitrogens with zero attached hydrogens (tertiary/aromatic N) is 2. The van der Waals surface area contributed by atoms with E-state index in [9.17, 15) is 58.2 Å². The van der Waals surface area contributed by atoms with Crippen molar-refractivity contribution in [3.63, 3.8) is 0 Å². The Morgan fingerprint density at radius 1 is 0.783 bits per heavy atom. The van der Waals surface area contributed by atoms with Crippen molar-refractivity contribution in [1.29, 1.82) is 0 Å². The number of aliphatic hydroxyl groups is 4. The molecule has 0 aromatic carbocycles. The topological polar surface area (TPSA) is 348 Å². The van der Waals surface area contributed by atoms with E-state index < -0.39 is 108 Å². The number of hydrogen-bond donors (Lipinski definition) is 8. The minimum absolute atomic E-state index is 0.718. The Balaban J connectivity index is 1.17. The summed E-state index contributed by atoms with van der Waals surface area (Å²) >= 11 is 0. The summed E-state index contributed by atoms with van der Waals surface area (Å²) in [7, 11) is -16.0. The fraction of sp³-hybridized carbons (Fsp3) is 0.556. The Kier molecular flexibility index (Phi) is 9.98. The first kappa shape index (κ1) is 34.8. The van der Waals surface area contributed by atoms with Gasteiger partial charge in [-0.2, -0.15) is 17.9 Å². The lowest BCUT2D eigenvalue weighted by molar-refractivity contribution is -0.0982. The van der Waals surface area contributed by atoms with E-state index in [1.807, 2.05) is 9.97 Å². The predicted octanol–water partition coefficient (Wildman–Crippen LogP) is -3.83. The van der Waals surface area contributed by atoms with Crippen molar-refractivity contribution in [2.45, 2.75) is 49.1 Å². The molecule has 0 bridgehead atoms. The largest absolute Gasteiger partial charge is 0.511 e. The third-order valence-electron chi connectivity index (χ3n) is 6.43. The highest BCUT2D eigenvalue weighted by Gasteiger charge is 2.53. The van der Waals surface area contributed by atoms with Crippen LogP contribution < -0.4 is 28.1 Å². The van der Waals surface area contributed by atoms with Gasteiger partial charge in [-0.15, -0.1) is 0 Å². The van der Waals surface area contributed by atoms with E-state index in [0.29, 0.717) is 0 Å². The number of phosphoric acid groups is 3. The average Bonchev–Trinajstić information content (AvgIpc) is 3.40.